The second-order valence-corrected chi connectivity index (χ2v) is 8.06. The molecule has 0 aromatic carbocycles. The number of Topliss-reactive ketones (excluding diaryl/α,β-unsaturated/α-hetero) is 1. The molecular weight excluding hydrogens is 452 g/mol. The Morgan fingerprint density at radius 3 is 1.97 bits per heavy atom. The largest absolute Gasteiger partial charge is 0.467 e. The third-order valence-corrected chi connectivity index (χ3v) is 5.23. The molecule has 0 rings (SSSR count). The fraction of sp³-hybridized carbons (Fsp3) is 0.810. The van der Waals surface area contributed by atoms with Gasteiger partial charge in [-0.2, -0.15) is 0 Å². The predicted octanol–water partition coefficient (Wildman–Crippen LogP) is -3.32. The molecule has 198 valence electrons. The van der Waals surface area contributed by atoms with Gasteiger partial charge in [-0.25, -0.2) is 4.79 Å². The van der Waals surface area contributed by atoms with Gasteiger partial charge in [0.25, 0.3) is 5.91 Å². The van der Waals surface area contributed by atoms with E-state index in [-0.39, 0.29) is 13.0 Å². The monoisotopic (exact) mass is 492 g/mol. The number of aliphatic hydroxyl groups is 4. The summed E-state index contributed by atoms with van der Waals surface area (Å²) in [6, 6.07) is -1.67. The lowest BCUT2D eigenvalue weighted by Crippen LogP contribution is -2.52. The van der Waals surface area contributed by atoms with E-state index in [0.29, 0.717) is 19.3 Å². The number of ketones is 1. The molecule has 0 heterocycles. The standard InChI is InChI=1S/C21H40N4O9/c1-12(26)15(27)16(28)17(29)18(30)20(32)24-11-7-5-9-14(21(33)34-3)25-19(31)13(22)8-4-6-10-23-2/h13-18,23,27-30H,4-11,22H2,1-3H3,(H,24,32)(H,25,31)/t13?,14-,15?,16?,17?,18?/m0/s1. The lowest BCUT2D eigenvalue weighted by molar-refractivity contribution is -0.153. The summed E-state index contributed by atoms with van der Waals surface area (Å²) in [5.41, 5.74) is 5.88. The maximum absolute atomic E-state index is 12.3. The third-order valence-electron chi connectivity index (χ3n) is 5.23. The molecule has 9 N–H and O–H groups in total. The van der Waals surface area contributed by atoms with Crippen LogP contribution in [-0.2, 0) is 23.9 Å². The maximum Gasteiger partial charge on any atom is 0.328 e. The van der Waals surface area contributed by atoms with Crippen molar-refractivity contribution in [2.24, 2.45) is 5.73 Å². The molecule has 13 nitrogen and oxygen atoms in total. The SMILES string of the molecule is CNCCCCC(N)C(=O)N[C@@H](CCCCNC(=O)C(O)C(O)C(O)C(O)C(C)=O)C(=O)OC. The smallest absolute Gasteiger partial charge is 0.328 e. The first kappa shape index (κ1) is 31.8. The van der Waals surface area contributed by atoms with Crippen LogP contribution in [0.15, 0.2) is 0 Å². The van der Waals surface area contributed by atoms with Crippen molar-refractivity contribution in [1.29, 1.82) is 0 Å². The molecule has 0 aromatic rings. The van der Waals surface area contributed by atoms with E-state index in [2.05, 4.69) is 16.0 Å². The Labute approximate surface area is 199 Å². The van der Waals surface area contributed by atoms with Crippen molar-refractivity contribution in [2.75, 3.05) is 27.2 Å². The highest BCUT2D eigenvalue weighted by molar-refractivity contribution is 5.87. The Kier molecular flexibility index (Phi) is 16.2. The molecule has 0 aliphatic rings. The first-order valence-electron chi connectivity index (χ1n) is 11.3. The fourth-order valence-corrected chi connectivity index (χ4v) is 3.03. The molecule has 6 atom stereocenters. The van der Waals surface area contributed by atoms with Crippen molar-refractivity contribution < 1.29 is 44.3 Å². The Bertz CT molecular complexity index is 650. The number of carbonyl (C=O) groups excluding carboxylic acids is 4. The minimum Gasteiger partial charge on any atom is -0.467 e. The molecule has 2 amide bonds. The van der Waals surface area contributed by atoms with Gasteiger partial charge >= 0.3 is 5.97 Å². The van der Waals surface area contributed by atoms with Crippen LogP contribution >= 0.6 is 0 Å². The fourth-order valence-electron chi connectivity index (χ4n) is 3.03. The highest BCUT2D eigenvalue weighted by atomic mass is 16.5. The minimum atomic E-state index is -2.07. The Balaban J connectivity index is 4.49. The van der Waals surface area contributed by atoms with E-state index < -0.39 is 60.1 Å². The highest BCUT2D eigenvalue weighted by Gasteiger charge is 2.36. The summed E-state index contributed by atoms with van der Waals surface area (Å²) in [7, 11) is 3.03. The second-order valence-electron chi connectivity index (χ2n) is 8.06. The van der Waals surface area contributed by atoms with Crippen molar-refractivity contribution in [2.45, 2.75) is 81.9 Å². The molecule has 5 unspecified atom stereocenters. The van der Waals surface area contributed by atoms with Crippen LogP contribution in [0.3, 0.4) is 0 Å². The number of amides is 2. The quantitative estimate of drug-likeness (QED) is 0.0698. The Hall–Kier alpha value is -2.16. The van der Waals surface area contributed by atoms with Gasteiger partial charge in [-0.05, 0) is 52.6 Å². The number of unbranched alkanes of at least 4 members (excludes halogenated alkanes) is 2. The molecule has 0 radical (unpaired) electrons. The number of ether oxygens (including phenoxy) is 1. The molecule has 0 saturated carbocycles. The molecule has 34 heavy (non-hydrogen) atoms. The molecular formula is C21H40N4O9. The van der Waals surface area contributed by atoms with Crippen LogP contribution in [0.4, 0.5) is 0 Å². The second kappa shape index (κ2) is 17.3. The van der Waals surface area contributed by atoms with Crippen LogP contribution in [0.25, 0.3) is 0 Å². The van der Waals surface area contributed by atoms with E-state index in [1.54, 1.807) is 0 Å². The highest BCUT2D eigenvalue weighted by Crippen LogP contribution is 2.08. The van der Waals surface area contributed by atoms with Gasteiger partial charge in [0, 0.05) is 6.54 Å². The topological polar surface area (TPSA) is 221 Å². The summed E-state index contributed by atoms with van der Waals surface area (Å²) < 4.78 is 4.72. The lowest BCUT2D eigenvalue weighted by Gasteiger charge is -2.24. The summed E-state index contributed by atoms with van der Waals surface area (Å²) in [6.07, 6.45) is -5.05. The summed E-state index contributed by atoms with van der Waals surface area (Å²) >= 11 is 0. The van der Waals surface area contributed by atoms with Gasteiger partial charge in [-0.1, -0.05) is 6.42 Å². The van der Waals surface area contributed by atoms with E-state index in [0.717, 1.165) is 26.3 Å². The molecule has 0 bridgehead atoms. The van der Waals surface area contributed by atoms with E-state index in [1.807, 2.05) is 7.05 Å². The van der Waals surface area contributed by atoms with Crippen molar-refractivity contribution in [3.63, 3.8) is 0 Å². The first-order chi connectivity index (χ1) is 16.0. The average molecular weight is 493 g/mol. The Morgan fingerprint density at radius 2 is 1.41 bits per heavy atom. The van der Waals surface area contributed by atoms with Crippen LogP contribution < -0.4 is 21.7 Å². The van der Waals surface area contributed by atoms with E-state index in [9.17, 15) is 39.6 Å². The van der Waals surface area contributed by atoms with Crippen molar-refractivity contribution in [3.8, 4) is 0 Å². The molecule has 0 aliphatic carbocycles. The summed E-state index contributed by atoms with van der Waals surface area (Å²) in [4.78, 5) is 47.2. The number of carbonyl (C=O) groups is 4. The number of nitrogens with two attached hydrogens (primary N) is 1. The molecule has 0 aromatic heterocycles. The number of rotatable bonds is 18. The molecule has 0 aliphatic heterocycles. The number of esters is 1. The molecule has 0 saturated heterocycles. The molecule has 13 heteroatoms. The van der Waals surface area contributed by atoms with Crippen LogP contribution in [0.5, 0.6) is 0 Å². The number of methoxy groups -OCH3 is 1. The van der Waals surface area contributed by atoms with Gasteiger partial charge in [0.05, 0.1) is 13.2 Å². The zero-order valence-electron chi connectivity index (χ0n) is 20.0. The van der Waals surface area contributed by atoms with Gasteiger partial charge in [0.1, 0.15) is 24.4 Å². The van der Waals surface area contributed by atoms with Gasteiger partial charge in [0.2, 0.25) is 5.91 Å². The zero-order valence-corrected chi connectivity index (χ0v) is 20.0. The van der Waals surface area contributed by atoms with Crippen LogP contribution in [0, 0.1) is 0 Å². The number of nitrogens with one attached hydrogen (secondary N) is 3. The summed E-state index contributed by atoms with van der Waals surface area (Å²) in [5.74, 6) is -2.93. The lowest BCUT2D eigenvalue weighted by atomic mass is 10.0. The van der Waals surface area contributed by atoms with E-state index in [1.165, 1.54) is 7.11 Å². The zero-order chi connectivity index (χ0) is 26.3. The van der Waals surface area contributed by atoms with Gasteiger partial charge in [-0.3, -0.25) is 14.4 Å². The molecule has 0 fully saturated rings. The number of hydrogen-bond acceptors (Lipinski definition) is 11. The average Bonchev–Trinajstić information content (AvgIpc) is 2.82. The van der Waals surface area contributed by atoms with E-state index >= 15 is 0 Å². The first-order valence-corrected chi connectivity index (χ1v) is 11.3. The van der Waals surface area contributed by atoms with Crippen LogP contribution in [-0.4, -0.2) is 108 Å². The van der Waals surface area contributed by atoms with Crippen molar-refractivity contribution in [1.82, 2.24) is 16.0 Å². The van der Waals surface area contributed by atoms with Crippen molar-refractivity contribution >= 4 is 23.6 Å². The summed E-state index contributed by atoms with van der Waals surface area (Å²) in [6.45, 7) is 1.85. The van der Waals surface area contributed by atoms with Gasteiger partial charge < -0.3 is 46.8 Å². The number of hydrogen-bond donors (Lipinski definition) is 8. The molecule has 0 spiro atoms. The third kappa shape index (κ3) is 11.8. The van der Waals surface area contributed by atoms with Crippen LogP contribution in [0.2, 0.25) is 0 Å². The van der Waals surface area contributed by atoms with Gasteiger partial charge in [0.15, 0.2) is 11.9 Å². The predicted molar refractivity (Wildman–Crippen MR) is 121 cm³/mol. The van der Waals surface area contributed by atoms with Crippen molar-refractivity contribution in [3.05, 3.63) is 0 Å². The summed E-state index contributed by atoms with van der Waals surface area (Å²) in [5, 5.41) is 46.6. The minimum absolute atomic E-state index is 0.0563. The maximum atomic E-state index is 12.3. The number of aliphatic hydroxyl groups excluding tert-OH is 4. The van der Waals surface area contributed by atoms with E-state index in [4.69, 9.17) is 10.5 Å². The van der Waals surface area contributed by atoms with Crippen LogP contribution in [0.1, 0.15) is 45.4 Å². The van der Waals surface area contributed by atoms with Gasteiger partial charge in [-0.15, -0.1) is 0 Å². The normalized spacial score (nSPS) is 16.5. The Morgan fingerprint density at radius 1 is 0.853 bits per heavy atom.